The highest BCUT2D eigenvalue weighted by molar-refractivity contribution is 5.92. The van der Waals surface area contributed by atoms with E-state index in [0.717, 1.165) is 19.3 Å². The average Bonchev–Trinajstić information content (AvgIpc) is 2.86. The summed E-state index contributed by atoms with van der Waals surface area (Å²) in [6, 6.07) is 0.182. The minimum atomic E-state index is -0.180. The molecule has 0 spiro atoms. The summed E-state index contributed by atoms with van der Waals surface area (Å²) in [6.07, 6.45) is 4.51. The molecule has 0 aromatic carbocycles. The van der Waals surface area contributed by atoms with Gasteiger partial charge in [-0.3, -0.25) is 4.79 Å². The maximum absolute atomic E-state index is 11.9. The number of carbonyl (C=O) groups excluding carboxylic acids is 1. The van der Waals surface area contributed by atoms with E-state index in [-0.39, 0.29) is 36.8 Å². The van der Waals surface area contributed by atoms with Crippen LogP contribution < -0.4 is 11.1 Å². The van der Waals surface area contributed by atoms with E-state index in [9.17, 15) is 4.79 Å². The first kappa shape index (κ1) is 17.2. The van der Waals surface area contributed by atoms with Gasteiger partial charge in [0, 0.05) is 6.04 Å². The normalized spacial score (nSPS) is 21.9. The Kier molecular flexibility index (Phi) is 7.28. The highest BCUT2D eigenvalue weighted by atomic mass is 35.5. The Balaban J connectivity index is 0.00000144. The van der Waals surface area contributed by atoms with Gasteiger partial charge in [0.25, 0.3) is 5.91 Å². The third-order valence-corrected chi connectivity index (χ3v) is 3.23. The standard InChI is InChI=1S/C11H17N3O2.2ClH/c1-7-10(16-6-13-7)11(15)14-9-4-2-3-8(9)5-12;;/h6,8-9H,2-5,12H2,1H3,(H,14,15);2*1H. The lowest BCUT2D eigenvalue weighted by Gasteiger charge is -2.18. The van der Waals surface area contributed by atoms with Crippen LogP contribution in [0.3, 0.4) is 0 Å². The van der Waals surface area contributed by atoms with Gasteiger partial charge in [0.15, 0.2) is 6.39 Å². The van der Waals surface area contributed by atoms with Crippen LogP contribution in [-0.4, -0.2) is 23.5 Å². The molecule has 5 nitrogen and oxygen atoms in total. The zero-order valence-electron chi connectivity index (χ0n) is 10.2. The van der Waals surface area contributed by atoms with Crippen LogP contribution >= 0.6 is 24.8 Å². The number of hydrogen-bond donors (Lipinski definition) is 2. The molecule has 0 radical (unpaired) electrons. The Morgan fingerprint density at radius 2 is 2.28 bits per heavy atom. The molecule has 7 heteroatoms. The summed E-state index contributed by atoms with van der Waals surface area (Å²) in [6.45, 7) is 2.38. The number of oxazole rings is 1. The number of carbonyl (C=O) groups is 1. The van der Waals surface area contributed by atoms with Crippen molar-refractivity contribution in [3.8, 4) is 0 Å². The van der Waals surface area contributed by atoms with Crippen molar-refractivity contribution in [2.75, 3.05) is 6.54 Å². The van der Waals surface area contributed by atoms with Gasteiger partial charge in [0.2, 0.25) is 5.76 Å². The summed E-state index contributed by atoms with van der Waals surface area (Å²) in [5.74, 6) is 0.523. The van der Waals surface area contributed by atoms with Gasteiger partial charge in [-0.1, -0.05) is 6.42 Å². The van der Waals surface area contributed by atoms with Crippen LogP contribution in [0.2, 0.25) is 0 Å². The molecule has 0 saturated heterocycles. The van der Waals surface area contributed by atoms with Gasteiger partial charge >= 0.3 is 0 Å². The summed E-state index contributed by atoms with van der Waals surface area (Å²) in [7, 11) is 0. The Morgan fingerprint density at radius 1 is 1.56 bits per heavy atom. The van der Waals surface area contributed by atoms with Gasteiger partial charge in [0.05, 0.1) is 5.69 Å². The molecule has 0 bridgehead atoms. The third kappa shape index (κ3) is 3.60. The van der Waals surface area contributed by atoms with Gasteiger partial charge in [-0.25, -0.2) is 4.98 Å². The Hall–Kier alpha value is -0.780. The van der Waals surface area contributed by atoms with Crippen molar-refractivity contribution in [2.45, 2.75) is 32.2 Å². The van der Waals surface area contributed by atoms with Crippen molar-refractivity contribution in [3.63, 3.8) is 0 Å². The number of nitrogens with one attached hydrogen (secondary N) is 1. The Morgan fingerprint density at radius 3 is 2.83 bits per heavy atom. The second-order valence-corrected chi connectivity index (χ2v) is 4.27. The predicted molar refractivity (Wildman–Crippen MR) is 73.4 cm³/mol. The van der Waals surface area contributed by atoms with Crippen LogP contribution in [0, 0.1) is 12.8 Å². The fraction of sp³-hybridized carbons (Fsp3) is 0.636. The number of nitrogens with two attached hydrogens (primary N) is 1. The van der Waals surface area contributed by atoms with E-state index in [4.69, 9.17) is 10.2 Å². The second-order valence-electron chi connectivity index (χ2n) is 4.27. The highest BCUT2D eigenvalue weighted by Crippen LogP contribution is 2.24. The van der Waals surface area contributed by atoms with Crippen LogP contribution in [0.5, 0.6) is 0 Å². The lowest BCUT2D eigenvalue weighted by Crippen LogP contribution is -2.39. The molecule has 1 saturated carbocycles. The molecular weight excluding hydrogens is 277 g/mol. The monoisotopic (exact) mass is 295 g/mol. The maximum atomic E-state index is 11.9. The van der Waals surface area contributed by atoms with E-state index in [1.165, 1.54) is 6.39 Å². The predicted octanol–water partition coefficient (Wildman–Crippen LogP) is 1.68. The molecule has 1 amide bonds. The fourth-order valence-electron chi connectivity index (χ4n) is 2.26. The Bertz CT molecular complexity index is 384. The summed E-state index contributed by atoms with van der Waals surface area (Å²) in [5, 5.41) is 2.97. The second kappa shape index (κ2) is 7.61. The van der Waals surface area contributed by atoms with E-state index in [0.29, 0.717) is 23.9 Å². The van der Waals surface area contributed by atoms with E-state index < -0.39 is 0 Å². The average molecular weight is 296 g/mol. The minimum Gasteiger partial charge on any atom is -0.438 e. The van der Waals surface area contributed by atoms with Gasteiger partial charge in [-0.15, -0.1) is 24.8 Å². The molecule has 2 unspecified atom stereocenters. The number of rotatable bonds is 3. The van der Waals surface area contributed by atoms with Gasteiger partial charge in [-0.05, 0) is 32.2 Å². The highest BCUT2D eigenvalue weighted by Gasteiger charge is 2.28. The van der Waals surface area contributed by atoms with Crippen molar-refractivity contribution in [1.29, 1.82) is 0 Å². The van der Waals surface area contributed by atoms with Crippen molar-refractivity contribution in [1.82, 2.24) is 10.3 Å². The number of nitrogens with zero attached hydrogens (tertiary/aromatic N) is 1. The van der Waals surface area contributed by atoms with E-state index >= 15 is 0 Å². The molecule has 1 aromatic rings. The molecule has 3 N–H and O–H groups in total. The third-order valence-electron chi connectivity index (χ3n) is 3.23. The summed E-state index contributed by atoms with van der Waals surface area (Å²) < 4.78 is 5.05. The van der Waals surface area contributed by atoms with Crippen LogP contribution in [-0.2, 0) is 0 Å². The maximum Gasteiger partial charge on any atom is 0.289 e. The van der Waals surface area contributed by atoms with Gasteiger partial charge in [-0.2, -0.15) is 0 Å². The zero-order chi connectivity index (χ0) is 11.5. The first-order valence-electron chi connectivity index (χ1n) is 5.63. The molecule has 2 atom stereocenters. The molecule has 2 rings (SSSR count). The van der Waals surface area contributed by atoms with Crippen LogP contribution in [0.15, 0.2) is 10.8 Å². The smallest absolute Gasteiger partial charge is 0.289 e. The van der Waals surface area contributed by atoms with Crippen molar-refractivity contribution in [3.05, 3.63) is 17.8 Å². The molecule has 0 aliphatic heterocycles. The SMILES string of the molecule is Cc1ncoc1C(=O)NC1CCCC1CN.Cl.Cl. The fourth-order valence-corrected chi connectivity index (χ4v) is 2.26. The van der Waals surface area contributed by atoms with Crippen LogP contribution in [0.25, 0.3) is 0 Å². The topological polar surface area (TPSA) is 81.2 Å². The zero-order valence-corrected chi connectivity index (χ0v) is 11.9. The van der Waals surface area contributed by atoms with Crippen LogP contribution in [0.1, 0.15) is 35.5 Å². The quantitative estimate of drug-likeness (QED) is 0.889. The summed E-state index contributed by atoms with van der Waals surface area (Å²) >= 11 is 0. The molecule has 104 valence electrons. The minimum absolute atomic E-state index is 0. The molecule has 1 fully saturated rings. The van der Waals surface area contributed by atoms with E-state index in [2.05, 4.69) is 10.3 Å². The van der Waals surface area contributed by atoms with Crippen molar-refractivity contribution >= 4 is 30.7 Å². The number of aryl methyl sites for hydroxylation is 1. The van der Waals surface area contributed by atoms with Gasteiger partial charge in [0.1, 0.15) is 0 Å². The van der Waals surface area contributed by atoms with Gasteiger partial charge < -0.3 is 15.5 Å². The molecular formula is C11H19Cl2N3O2. The summed E-state index contributed by atoms with van der Waals surface area (Å²) in [4.78, 5) is 15.8. The molecule has 1 aliphatic carbocycles. The Labute approximate surface area is 119 Å². The molecule has 1 heterocycles. The van der Waals surface area contributed by atoms with Crippen LogP contribution in [0.4, 0.5) is 0 Å². The summed E-state index contributed by atoms with van der Waals surface area (Å²) in [5.41, 5.74) is 6.29. The first-order chi connectivity index (χ1) is 7.72. The lowest BCUT2D eigenvalue weighted by atomic mass is 10.0. The van der Waals surface area contributed by atoms with E-state index in [1.807, 2.05) is 0 Å². The molecule has 1 aliphatic rings. The number of hydrogen-bond acceptors (Lipinski definition) is 4. The number of amides is 1. The molecule has 18 heavy (non-hydrogen) atoms. The number of aromatic nitrogens is 1. The van der Waals surface area contributed by atoms with Crippen molar-refractivity contribution < 1.29 is 9.21 Å². The first-order valence-corrected chi connectivity index (χ1v) is 5.63. The largest absolute Gasteiger partial charge is 0.438 e. The van der Waals surface area contributed by atoms with E-state index in [1.54, 1.807) is 6.92 Å². The number of halogens is 2. The molecule has 1 aromatic heterocycles. The van der Waals surface area contributed by atoms with Crippen molar-refractivity contribution in [2.24, 2.45) is 11.7 Å². The lowest BCUT2D eigenvalue weighted by molar-refractivity contribution is 0.0899.